The van der Waals surface area contributed by atoms with Gasteiger partial charge in [-0.05, 0) is 25.1 Å². The molecule has 1 saturated heterocycles. The maximum absolute atomic E-state index is 12.3. The van der Waals surface area contributed by atoms with Crippen molar-refractivity contribution in [3.63, 3.8) is 0 Å². The SMILES string of the molecule is CCN1CCN(C(=O)Nc2ccc(Oc3ccnc(-c4cnc(C)o4)c3)cn2)C1=O. The molecule has 1 aliphatic rings. The third-order valence-electron chi connectivity index (χ3n) is 4.53. The zero-order chi connectivity index (χ0) is 21.1. The molecule has 0 unspecified atom stereocenters. The molecule has 4 rings (SSSR count). The molecule has 0 aliphatic carbocycles. The van der Waals surface area contributed by atoms with Gasteiger partial charge < -0.3 is 14.1 Å². The normalized spacial score (nSPS) is 13.6. The fraction of sp³-hybridized carbons (Fsp3) is 0.250. The van der Waals surface area contributed by atoms with Gasteiger partial charge in [0.15, 0.2) is 11.7 Å². The maximum Gasteiger partial charge on any atom is 0.331 e. The quantitative estimate of drug-likeness (QED) is 0.687. The number of rotatable bonds is 5. The van der Waals surface area contributed by atoms with Gasteiger partial charge in [0.2, 0.25) is 0 Å². The number of hydrogen-bond acceptors (Lipinski definition) is 7. The van der Waals surface area contributed by atoms with Crippen LogP contribution in [0.1, 0.15) is 12.8 Å². The van der Waals surface area contributed by atoms with Gasteiger partial charge in [-0.25, -0.2) is 24.5 Å². The molecule has 1 aliphatic heterocycles. The highest BCUT2D eigenvalue weighted by molar-refractivity contribution is 6.01. The second kappa shape index (κ2) is 8.19. The monoisotopic (exact) mass is 408 g/mol. The molecule has 0 saturated carbocycles. The summed E-state index contributed by atoms with van der Waals surface area (Å²) in [7, 11) is 0. The molecule has 1 N–H and O–H groups in total. The van der Waals surface area contributed by atoms with Crippen molar-refractivity contribution >= 4 is 17.9 Å². The van der Waals surface area contributed by atoms with Crippen molar-refractivity contribution in [2.24, 2.45) is 0 Å². The van der Waals surface area contributed by atoms with Crippen molar-refractivity contribution in [1.82, 2.24) is 24.8 Å². The molecule has 10 heteroatoms. The number of anilines is 1. The molecule has 154 valence electrons. The minimum absolute atomic E-state index is 0.301. The molecule has 1 fully saturated rings. The lowest BCUT2D eigenvalue weighted by Crippen LogP contribution is -2.39. The number of nitrogens with one attached hydrogen (secondary N) is 1. The Morgan fingerprint density at radius 2 is 2.03 bits per heavy atom. The first kappa shape index (κ1) is 19.4. The van der Waals surface area contributed by atoms with Crippen molar-refractivity contribution in [3.8, 4) is 23.0 Å². The van der Waals surface area contributed by atoms with Gasteiger partial charge in [0.05, 0.1) is 12.4 Å². The van der Waals surface area contributed by atoms with Crippen LogP contribution in [0.3, 0.4) is 0 Å². The Hall–Kier alpha value is -3.95. The van der Waals surface area contributed by atoms with Gasteiger partial charge in [0, 0.05) is 38.8 Å². The van der Waals surface area contributed by atoms with Crippen molar-refractivity contribution in [2.75, 3.05) is 25.0 Å². The van der Waals surface area contributed by atoms with E-state index in [9.17, 15) is 9.59 Å². The lowest BCUT2D eigenvalue weighted by molar-refractivity contribution is 0.192. The topological polar surface area (TPSA) is 114 Å². The van der Waals surface area contributed by atoms with Crippen LogP contribution in [0.4, 0.5) is 15.4 Å². The van der Waals surface area contributed by atoms with E-state index in [0.29, 0.717) is 54.3 Å². The van der Waals surface area contributed by atoms with E-state index in [-0.39, 0.29) is 6.03 Å². The minimum Gasteiger partial charge on any atom is -0.456 e. The van der Waals surface area contributed by atoms with Gasteiger partial charge in [-0.2, -0.15) is 0 Å². The number of imide groups is 1. The molecule has 0 spiro atoms. The number of aromatic nitrogens is 3. The molecule has 0 atom stereocenters. The van der Waals surface area contributed by atoms with E-state index in [1.165, 1.54) is 11.1 Å². The van der Waals surface area contributed by atoms with Crippen LogP contribution in [0, 0.1) is 6.92 Å². The standard InChI is InChI=1S/C20H20N6O4/c1-3-25-8-9-26(20(25)28)19(27)24-18-5-4-15(11-23-18)30-14-6-7-21-16(10-14)17-12-22-13(2)29-17/h4-7,10-12H,3,8-9H2,1-2H3,(H,23,24,27). The van der Waals surface area contributed by atoms with Crippen molar-refractivity contribution in [1.29, 1.82) is 0 Å². The smallest absolute Gasteiger partial charge is 0.331 e. The Bertz CT molecular complexity index is 1070. The summed E-state index contributed by atoms with van der Waals surface area (Å²) in [5.74, 6) is 2.45. The summed E-state index contributed by atoms with van der Waals surface area (Å²) in [6, 6.07) is 5.91. The maximum atomic E-state index is 12.3. The van der Waals surface area contributed by atoms with Gasteiger partial charge in [0.1, 0.15) is 23.0 Å². The Balaban J connectivity index is 1.40. The molecular weight excluding hydrogens is 388 g/mol. The number of oxazole rings is 1. The molecule has 0 bridgehead atoms. The van der Waals surface area contributed by atoms with Crippen LogP contribution in [0.15, 0.2) is 47.3 Å². The van der Waals surface area contributed by atoms with Gasteiger partial charge in [0.25, 0.3) is 0 Å². The highest BCUT2D eigenvalue weighted by atomic mass is 16.5. The first-order chi connectivity index (χ1) is 14.5. The highest BCUT2D eigenvalue weighted by Crippen LogP contribution is 2.26. The number of aryl methyl sites for hydroxylation is 1. The second-order valence-corrected chi connectivity index (χ2v) is 6.55. The lowest BCUT2D eigenvalue weighted by Gasteiger charge is -2.16. The predicted molar refractivity (Wildman–Crippen MR) is 107 cm³/mol. The van der Waals surface area contributed by atoms with E-state index < -0.39 is 6.03 Å². The number of hydrogen-bond donors (Lipinski definition) is 1. The number of carbonyl (C=O) groups excluding carboxylic acids is 2. The average molecular weight is 408 g/mol. The summed E-state index contributed by atoms with van der Waals surface area (Å²) < 4.78 is 11.3. The van der Waals surface area contributed by atoms with E-state index in [4.69, 9.17) is 9.15 Å². The molecule has 0 radical (unpaired) electrons. The fourth-order valence-electron chi connectivity index (χ4n) is 2.98. The minimum atomic E-state index is -0.502. The molecule has 10 nitrogen and oxygen atoms in total. The van der Waals surface area contributed by atoms with E-state index in [2.05, 4.69) is 20.3 Å². The van der Waals surface area contributed by atoms with Crippen LogP contribution in [0.2, 0.25) is 0 Å². The van der Waals surface area contributed by atoms with E-state index in [0.717, 1.165) is 0 Å². The van der Waals surface area contributed by atoms with Crippen LogP contribution in [-0.4, -0.2) is 56.4 Å². The summed E-state index contributed by atoms with van der Waals surface area (Å²) in [6.07, 6.45) is 4.70. The molecule has 3 aromatic heterocycles. The lowest BCUT2D eigenvalue weighted by atomic mass is 10.3. The van der Waals surface area contributed by atoms with Gasteiger partial charge in [-0.1, -0.05) is 0 Å². The van der Waals surface area contributed by atoms with Crippen LogP contribution in [0.5, 0.6) is 11.5 Å². The Kier molecular flexibility index (Phi) is 5.29. The Morgan fingerprint density at radius 1 is 1.17 bits per heavy atom. The Labute approximate surface area is 172 Å². The number of nitrogens with zero attached hydrogens (tertiary/aromatic N) is 5. The largest absolute Gasteiger partial charge is 0.456 e. The molecule has 4 amide bonds. The number of urea groups is 2. The molecular formula is C20H20N6O4. The predicted octanol–water partition coefficient (Wildman–Crippen LogP) is 3.52. The second-order valence-electron chi connectivity index (χ2n) is 6.55. The number of ether oxygens (including phenoxy) is 1. The third kappa shape index (κ3) is 4.07. The number of amides is 4. The summed E-state index contributed by atoms with van der Waals surface area (Å²) in [5.41, 5.74) is 0.598. The van der Waals surface area contributed by atoms with Gasteiger partial charge in [-0.3, -0.25) is 10.3 Å². The highest BCUT2D eigenvalue weighted by Gasteiger charge is 2.32. The van der Waals surface area contributed by atoms with Crippen LogP contribution < -0.4 is 10.1 Å². The summed E-state index contributed by atoms with van der Waals surface area (Å²) >= 11 is 0. The van der Waals surface area contributed by atoms with Gasteiger partial charge in [-0.15, -0.1) is 0 Å². The average Bonchev–Trinajstić information content (AvgIpc) is 3.35. The van der Waals surface area contributed by atoms with Crippen LogP contribution in [0.25, 0.3) is 11.5 Å². The molecule has 3 aromatic rings. The zero-order valence-electron chi connectivity index (χ0n) is 16.5. The number of likely N-dealkylation sites (N-methyl/N-ethyl adjacent to an activating group) is 1. The summed E-state index contributed by atoms with van der Waals surface area (Å²) in [4.78, 5) is 39.7. The Morgan fingerprint density at radius 3 is 2.70 bits per heavy atom. The zero-order valence-corrected chi connectivity index (χ0v) is 16.5. The van der Waals surface area contributed by atoms with Crippen molar-refractivity contribution in [2.45, 2.75) is 13.8 Å². The van der Waals surface area contributed by atoms with Crippen molar-refractivity contribution < 1.29 is 18.7 Å². The van der Waals surface area contributed by atoms with Crippen LogP contribution in [-0.2, 0) is 0 Å². The van der Waals surface area contributed by atoms with E-state index >= 15 is 0 Å². The van der Waals surface area contributed by atoms with Crippen LogP contribution >= 0.6 is 0 Å². The first-order valence-electron chi connectivity index (χ1n) is 9.43. The summed E-state index contributed by atoms with van der Waals surface area (Å²) in [5, 5.41) is 2.63. The molecule has 0 aromatic carbocycles. The fourth-order valence-corrected chi connectivity index (χ4v) is 2.98. The first-order valence-corrected chi connectivity index (χ1v) is 9.43. The van der Waals surface area contributed by atoms with E-state index in [1.54, 1.807) is 48.5 Å². The van der Waals surface area contributed by atoms with E-state index in [1.807, 2.05) is 6.92 Å². The molecule has 30 heavy (non-hydrogen) atoms. The molecule has 4 heterocycles. The summed E-state index contributed by atoms with van der Waals surface area (Å²) in [6.45, 7) is 5.09. The number of carbonyl (C=O) groups is 2. The number of pyridine rings is 2. The van der Waals surface area contributed by atoms with Gasteiger partial charge >= 0.3 is 12.1 Å². The van der Waals surface area contributed by atoms with Crippen molar-refractivity contribution in [3.05, 3.63) is 48.7 Å². The third-order valence-corrected chi connectivity index (χ3v) is 4.53.